The van der Waals surface area contributed by atoms with Crippen molar-refractivity contribution < 1.29 is 14.3 Å². The number of esters is 1. The fourth-order valence-corrected chi connectivity index (χ4v) is 1.23. The molecule has 1 aromatic heterocycles. The SMILES string of the molecule is COC(=O)c1csc(NC=O)n1. The van der Waals surface area contributed by atoms with Gasteiger partial charge in [0.2, 0.25) is 6.41 Å². The molecule has 0 radical (unpaired) electrons. The number of amides is 1. The van der Waals surface area contributed by atoms with Crippen LogP contribution in [0.4, 0.5) is 5.13 Å². The summed E-state index contributed by atoms with van der Waals surface area (Å²) in [4.78, 5) is 24.6. The second-order valence-electron chi connectivity index (χ2n) is 1.79. The quantitative estimate of drug-likeness (QED) is 0.551. The number of nitrogens with one attached hydrogen (secondary N) is 1. The molecule has 1 amide bonds. The third kappa shape index (κ3) is 1.79. The molecule has 0 aliphatic carbocycles. The van der Waals surface area contributed by atoms with Gasteiger partial charge in [-0.2, -0.15) is 0 Å². The molecule has 0 bridgehead atoms. The minimum absolute atomic E-state index is 0.201. The van der Waals surface area contributed by atoms with E-state index in [0.717, 1.165) is 11.3 Å². The van der Waals surface area contributed by atoms with Crippen molar-refractivity contribution >= 4 is 28.8 Å². The van der Waals surface area contributed by atoms with Crippen molar-refractivity contribution in [1.29, 1.82) is 0 Å². The van der Waals surface area contributed by atoms with Crippen molar-refractivity contribution in [1.82, 2.24) is 4.98 Å². The van der Waals surface area contributed by atoms with E-state index in [4.69, 9.17) is 0 Å². The van der Waals surface area contributed by atoms with Gasteiger partial charge in [-0.3, -0.25) is 4.79 Å². The molecule has 64 valence electrons. The van der Waals surface area contributed by atoms with Gasteiger partial charge < -0.3 is 10.1 Å². The fourth-order valence-electron chi connectivity index (χ4n) is 0.589. The summed E-state index contributed by atoms with van der Waals surface area (Å²) in [6, 6.07) is 0. The van der Waals surface area contributed by atoms with Gasteiger partial charge in [-0.15, -0.1) is 11.3 Å². The van der Waals surface area contributed by atoms with Crippen LogP contribution in [-0.4, -0.2) is 24.5 Å². The lowest BCUT2D eigenvalue weighted by atomic mass is 10.5. The van der Waals surface area contributed by atoms with Crippen LogP contribution in [0.2, 0.25) is 0 Å². The first-order chi connectivity index (χ1) is 5.77. The monoisotopic (exact) mass is 186 g/mol. The van der Waals surface area contributed by atoms with E-state index in [0.29, 0.717) is 11.5 Å². The van der Waals surface area contributed by atoms with Crippen molar-refractivity contribution in [3.05, 3.63) is 11.1 Å². The summed E-state index contributed by atoms with van der Waals surface area (Å²) in [7, 11) is 1.27. The molecule has 6 heteroatoms. The molecule has 0 fully saturated rings. The lowest BCUT2D eigenvalue weighted by molar-refractivity contribution is -0.105. The minimum atomic E-state index is -0.509. The average molecular weight is 186 g/mol. The van der Waals surface area contributed by atoms with Crippen molar-refractivity contribution in [3.8, 4) is 0 Å². The highest BCUT2D eigenvalue weighted by atomic mass is 32.1. The Morgan fingerprint density at radius 2 is 2.58 bits per heavy atom. The highest BCUT2D eigenvalue weighted by Crippen LogP contribution is 2.14. The Kier molecular flexibility index (Phi) is 2.76. The lowest BCUT2D eigenvalue weighted by Gasteiger charge is -1.91. The van der Waals surface area contributed by atoms with E-state index in [2.05, 4.69) is 15.0 Å². The molecular weight excluding hydrogens is 180 g/mol. The number of carbonyl (C=O) groups excluding carboxylic acids is 2. The molecule has 0 atom stereocenters. The molecule has 1 heterocycles. The number of rotatable bonds is 3. The summed E-state index contributed by atoms with van der Waals surface area (Å²) in [5.74, 6) is -0.509. The maximum atomic E-state index is 10.8. The van der Waals surface area contributed by atoms with Crippen molar-refractivity contribution in [3.63, 3.8) is 0 Å². The molecule has 1 N–H and O–H groups in total. The van der Waals surface area contributed by atoms with E-state index < -0.39 is 5.97 Å². The van der Waals surface area contributed by atoms with E-state index in [-0.39, 0.29) is 5.69 Å². The largest absolute Gasteiger partial charge is 0.464 e. The number of thiazole rings is 1. The maximum absolute atomic E-state index is 10.8. The number of hydrogen-bond acceptors (Lipinski definition) is 5. The zero-order valence-electron chi connectivity index (χ0n) is 6.23. The Morgan fingerprint density at radius 1 is 1.83 bits per heavy atom. The molecule has 0 unspecified atom stereocenters. The number of nitrogens with zero attached hydrogens (tertiary/aromatic N) is 1. The van der Waals surface area contributed by atoms with Crippen LogP contribution in [0.5, 0.6) is 0 Å². The van der Waals surface area contributed by atoms with Crippen molar-refractivity contribution in [2.24, 2.45) is 0 Å². The summed E-state index contributed by atoms with van der Waals surface area (Å²) >= 11 is 1.16. The van der Waals surface area contributed by atoms with Gasteiger partial charge in [0.1, 0.15) is 0 Å². The summed E-state index contributed by atoms with van der Waals surface area (Å²) in [6.45, 7) is 0. The smallest absolute Gasteiger partial charge is 0.357 e. The Labute approximate surface area is 72.4 Å². The van der Waals surface area contributed by atoms with Crippen LogP contribution in [0.25, 0.3) is 0 Å². The average Bonchev–Trinajstić information content (AvgIpc) is 2.52. The molecule has 0 saturated heterocycles. The Balaban J connectivity index is 2.76. The molecule has 0 aromatic carbocycles. The van der Waals surface area contributed by atoms with Crippen LogP contribution in [-0.2, 0) is 9.53 Å². The summed E-state index contributed by atoms with van der Waals surface area (Å²) in [6.07, 6.45) is 0.500. The Morgan fingerprint density at radius 3 is 3.17 bits per heavy atom. The van der Waals surface area contributed by atoms with Gasteiger partial charge in [0, 0.05) is 5.38 Å². The number of anilines is 1. The topological polar surface area (TPSA) is 68.3 Å². The van der Waals surface area contributed by atoms with Crippen molar-refractivity contribution in [2.45, 2.75) is 0 Å². The van der Waals surface area contributed by atoms with E-state index >= 15 is 0 Å². The zero-order chi connectivity index (χ0) is 8.97. The predicted molar refractivity (Wildman–Crippen MR) is 43.1 cm³/mol. The number of methoxy groups -OCH3 is 1. The third-order valence-corrected chi connectivity index (χ3v) is 1.85. The van der Waals surface area contributed by atoms with Gasteiger partial charge in [0.05, 0.1) is 7.11 Å². The van der Waals surface area contributed by atoms with Crippen LogP contribution >= 0.6 is 11.3 Å². The first kappa shape index (κ1) is 8.66. The molecule has 0 spiro atoms. The molecular formula is C6H6N2O3S. The molecule has 5 nitrogen and oxygen atoms in total. The number of carbonyl (C=O) groups is 2. The van der Waals surface area contributed by atoms with Gasteiger partial charge >= 0.3 is 5.97 Å². The van der Waals surface area contributed by atoms with Crippen LogP contribution < -0.4 is 5.32 Å². The standard InChI is InChI=1S/C6H6N2O3S/c1-11-5(10)4-2-12-6(8-4)7-3-9/h2-3H,1H3,(H,7,8,9). The normalized spacial score (nSPS) is 9.08. The van der Waals surface area contributed by atoms with Gasteiger partial charge in [-0.05, 0) is 0 Å². The number of aromatic nitrogens is 1. The van der Waals surface area contributed by atoms with Gasteiger partial charge in [-0.25, -0.2) is 9.78 Å². The lowest BCUT2D eigenvalue weighted by Crippen LogP contribution is -2.02. The Hall–Kier alpha value is -1.43. The van der Waals surface area contributed by atoms with E-state index in [1.54, 1.807) is 0 Å². The molecule has 0 aliphatic rings. The predicted octanol–water partition coefficient (Wildman–Crippen LogP) is 0.498. The van der Waals surface area contributed by atoms with Gasteiger partial charge in [0.25, 0.3) is 0 Å². The van der Waals surface area contributed by atoms with Crippen LogP contribution in [0, 0.1) is 0 Å². The molecule has 0 aliphatic heterocycles. The highest BCUT2D eigenvalue weighted by molar-refractivity contribution is 7.14. The highest BCUT2D eigenvalue weighted by Gasteiger charge is 2.09. The van der Waals surface area contributed by atoms with Gasteiger partial charge in [-0.1, -0.05) is 0 Å². The van der Waals surface area contributed by atoms with Crippen LogP contribution in [0.1, 0.15) is 10.5 Å². The first-order valence-electron chi connectivity index (χ1n) is 3.02. The molecule has 1 aromatic rings. The van der Waals surface area contributed by atoms with Crippen LogP contribution in [0.15, 0.2) is 5.38 Å². The fraction of sp³-hybridized carbons (Fsp3) is 0.167. The van der Waals surface area contributed by atoms with E-state index in [1.165, 1.54) is 12.5 Å². The number of ether oxygens (including phenoxy) is 1. The zero-order valence-corrected chi connectivity index (χ0v) is 7.05. The summed E-state index contributed by atoms with van der Waals surface area (Å²) in [5.41, 5.74) is 0.201. The van der Waals surface area contributed by atoms with Gasteiger partial charge in [0.15, 0.2) is 10.8 Å². The second-order valence-corrected chi connectivity index (χ2v) is 2.65. The molecule has 12 heavy (non-hydrogen) atoms. The summed E-state index contributed by atoms with van der Waals surface area (Å²) < 4.78 is 4.42. The first-order valence-corrected chi connectivity index (χ1v) is 3.90. The van der Waals surface area contributed by atoms with Crippen molar-refractivity contribution in [2.75, 3.05) is 12.4 Å². The van der Waals surface area contributed by atoms with Crippen LogP contribution in [0.3, 0.4) is 0 Å². The molecule has 0 saturated carbocycles. The summed E-state index contributed by atoms with van der Waals surface area (Å²) in [5, 5.41) is 4.22. The second kappa shape index (κ2) is 3.82. The molecule has 1 rings (SSSR count). The minimum Gasteiger partial charge on any atom is -0.464 e. The Bertz CT molecular complexity index is 297. The maximum Gasteiger partial charge on any atom is 0.357 e. The van der Waals surface area contributed by atoms with E-state index in [1.807, 2.05) is 0 Å². The number of hydrogen-bond donors (Lipinski definition) is 1. The van der Waals surface area contributed by atoms with E-state index in [9.17, 15) is 9.59 Å². The third-order valence-electron chi connectivity index (χ3n) is 1.08.